The van der Waals surface area contributed by atoms with Gasteiger partial charge in [-0.25, -0.2) is 9.97 Å². The summed E-state index contributed by atoms with van der Waals surface area (Å²) in [4.78, 5) is 24.6. The molecule has 2 aliphatic rings. The fourth-order valence-electron chi connectivity index (χ4n) is 3.90. The quantitative estimate of drug-likeness (QED) is 0.678. The molecule has 0 radical (unpaired) electrons. The van der Waals surface area contributed by atoms with Gasteiger partial charge in [-0.15, -0.1) is 11.3 Å². The Bertz CT molecular complexity index is 1090. The van der Waals surface area contributed by atoms with E-state index in [1.54, 1.807) is 11.3 Å². The number of hydrogen-bond acceptors (Lipinski definition) is 4. The minimum atomic E-state index is -0.669. The highest BCUT2D eigenvalue weighted by Crippen LogP contribution is 2.36. The summed E-state index contributed by atoms with van der Waals surface area (Å²) in [7, 11) is 0. The predicted octanol–water partition coefficient (Wildman–Crippen LogP) is 4.51. The maximum Gasteiger partial charge on any atom is 0.239 e. The maximum atomic E-state index is 13.6. The van der Waals surface area contributed by atoms with Gasteiger partial charge in [0.05, 0.1) is 10.7 Å². The molecule has 3 heterocycles. The molecule has 1 aliphatic carbocycles. The molecule has 30 heavy (non-hydrogen) atoms. The average molecular weight is 416 g/mol. The molecule has 1 fully saturated rings. The van der Waals surface area contributed by atoms with Crippen molar-refractivity contribution in [3.63, 3.8) is 0 Å². The lowest BCUT2D eigenvalue weighted by atomic mass is 9.77. The molecule has 0 saturated carbocycles. The van der Waals surface area contributed by atoms with Crippen molar-refractivity contribution in [3.8, 4) is 11.8 Å². The second kappa shape index (κ2) is 8.81. The molecule has 2 aromatic rings. The summed E-state index contributed by atoms with van der Waals surface area (Å²) in [5.41, 5.74) is 3.25. The highest BCUT2D eigenvalue weighted by molar-refractivity contribution is 7.09. The lowest BCUT2D eigenvalue weighted by Crippen LogP contribution is -2.48. The summed E-state index contributed by atoms with van der Waals surface area (Å²) in [5, 5.41) is 3.02. The standard InChI is InChI=1S/C25H25N3OS/c1-19-8-6-10-22(26-19)11-7-9-21-12-16-28(17-13-21)24(29)25(14-4-3-5-15-25)23-18-30-20(2)27-23/h3-6,8-10,14,18H,12-13,15-17H2,1-2H3. The first-order chi connectivity index (χ1) is 14.6. The van der Waals surface area contributed by atoms with E-state index in [1.807, 2.05) is 66.6 Å². The molecular weight excluding hydrogens is 390 g/mol. The van der Waals surface area contributed by atoms with Gasteiger partial charge in [0.15, 0.2) is 0 Å². The number of carbonyl (C=O) groups is 1. The van der Waals surface area contributed by atoms with E-state index in [4.69, 9.17) is 0 Å². The summed E-state index contributed by atoms with van der Waals surface area (Å²) in [6.45, 7) is 5.39. The number of rotatable bonds is 2. The highest BCUT2D eigenvalue weighted by Gasteiger charge is 2.42. The smallest absolute Gasteiger partial charge is 0.239 e. The monoisotopic (exact) mass is 415 g/mol. The Morgan fingerprint density at radius 2 is 2.03 bits per heavy atom. The number of pyridine rings is 1. The van der Waals surface area contributed by atoms with Crippen LogP contribution in [0.1, 0.15) is 41.4 Å². The van der Waals surface area contributed by atoms with Crippen LogP contribution in [-0.2, 0) is 10.2 Å². The zero-order valence-corrected chi connectivity index (χ0v) is 18.2. The number of aryl methyl sites for hydroxylation is 2. The van der Waals surface area contributed by atoms with Gasteiger partial charge in [0, 0.05) is 24.2 Å². The summed E-state index contributed by atoms with van der Waals surface area (Å²) >= 11 is 1.60. The molecule has 2 aromatic heterocycles. The largest absolute Gasteiger partial charge is 0.341 e. The van der Waals surface area contributed by atoms with E-state index < -0.39 is 5.41 Å². The minimum absolute atomic E-state index is 0.155. The highest BCUT2D eigenvalue weighted by atomic mass is 32.1. The van der Waals surface area contributed by atoms with Crippen molar-refractivity contribution >= 4 is 17.2 Å². The Morgan fingerprint density at radius 1 is 1.20 bits per heavy atom. The number of carbonyl (C=O) groups excluding carboxylic acids is 1. The van der Waals surface area contributed by atoms with Crippen LogP contribution in [0.4, 0.5) is 0 Å². The van der Waals surface area contributed by atoms with Crippen molar-refractivity contribution in [1.82, 2.24) is 14.9 Å². The molecular formula is C25H25N3OS. The van der Waals surface area contributed by atoms with E-state index in [1.165, 1.54) is 5.57 Å². The van der Waals surface area contributed by atoms with Gasteiger partial charge < -0.3 is 4.90 Å². The van der Waals surface area contributed by atoms with Crippen molar-refractivity contribution in [1.29, 1.82) is 0 Å². The van der Waals surface area contributed by atoms with Crippen LogP contribution in [0.5, 0.6) is 0 Å². The summed E-state index contributed by atoms with van der Waals surface area (Å²) in [6, 6.07) is 5.86. The molecule has 4 nitrogen and oxygen atoms in total. The minimum Gasteiger partial charge on any atom is -0.341 e. The molecule has 0 bridgehead atoms. The van der Waals surface area contributed by atoms with Gasteiger partial charge in [-0.05, 0) is 57.2 Å². The first kappa shape index (κ1) is 20.3. The number of nitrogens with zero attached hydrogens (tertiary/aromatic N) is 3. The van der Waals surface area contributed by atoms with Crippen molar-refractivity contribution in [2.45, 2.75) is 38.5 Å². The summed E-state index contributed by atoms with van der Waals surface area (Å²) in [5.74, 6) is 6.40. The number of likely N-dealkylation sites (tertiary alicyclic amines) is 1. The number of aromatic nitrogens is 2. The second-order valence-electron chi connectivity index (χ2n) is 7.74. The van der Waals surface area contributed by atoms with Crippen LogP contribution in [0, 0.1) is 25.7 Å². The van der Waals surface area contributed by atoms with E-state index in [-0.39, 0.29) is 5.91 Å². The molecule has 1 atom stereocenters. The first-order valence-electron chi connectivity index (χ1n) is 10.3. The van der Waals surface area contributed by atoms with Crippen LogP contribution in [0.2, 0.25) is 0 Å². The van der Waals surface area contributed by atoms with Crippen LogP contribution < -0.4 is 0 Å². The van der Waals surface area contributed by atoms with Gasteiger partial charge in [0.2, 0.25) is 5.91 Å². The van der Waals surface area contributed by atoms with Gasteiger partial charge in [0.25, 0.3) is 0 Å². The Labute approximate surface area is 182 Å². The molecule has 152 valence electrons. The van der Waals surface area contributed by atoms with Gasteiger partial charge in [-0.1, -0.05) is 41.9 Å². The normalized spacial score (nSPS) is 20.6. The molecule has 1 amide bonds. The first-order valence-corrected chi connectivity index (χ1v) is 11.1. The van der Waals surface area contributed by atoms with Gasteiger partial charge in [-0.2, -0.15) is 0 Å². The lowest BCUT2D eigenvalue weighted by molar-refractivity contribution is -0.136. The van der Waals surface area contributed by atoms with Crippen LogP contribution in [0.3, 0.4) is 0 Å². The third-order valence-electron chi connectivity index (χ3n) is 5.58. The fourth-order valence-corrected chi connectivity index (χ4v) is 4.59. The predicted molar refractivity (Wildman–Crippen MR) is 121 cm³/mol. The van der Waals surface area contributed by atoms with Crippen LogP contribution in [-0.4, -0.2) is 33.9 Å². The zero-order chi connectivity index (χ0) is 21.0. The molecule has 1 saturated heterocycles. The molecule has 0 N–H and O–H groups in total. The molecule has 1 aliphatic heterocycles. The number of amides is 1. The second-order valence-corrected chi connectivity index (χ2v) is 8.81. The van der Waals surface area contributed by atoms with Gasteiger partial charge in [-0.3, -0.25) is 4.79 Å². The van der Waals surface area contributed by atoms with E-state index >= 15 is 0 Å². The van der Waals surface area contributed by atoms with Crippen LogP contribution >= 0.6 is 11.3 Å². The summed E-state index contributed by atoms with van der Waals surface area (Å²) in [6.07, 6.45) is 12.4. The third kappa shape index (κ3) is 4.29. The van der Waals surface area contributed by atoms with Crippen molar-refractivity contribution in [2.75, 3.05) is 13.1 Å². The SMILES string of the molecule is Cc1cccc(C#CC=C2CCN(C(=O)C3(c4csc(C)n4)C=CC=CC3)CC2)n1. The summed E-state index contributed by atoms with van der Waals surface area (Å²) < 4.78 is 0. The van der Waals surface area contributed by atoms with Gasteiger partial charge >= 0.3 is 0 Å². The van der Waals surface area contributed by atoms with Crippen molar-refractivity contribution < 1.29 is 4.79 Å². The molecule has 5 heteroatoms. The maximum absolute atomic E-state index is 13.6. The molecule has 0 spiro atoms. The van der Waals surface area contributed by atoms with Crippen molar-refractivity contribution in [3.05, 3.63) is 81.6 Å². The van der Waals surface area contributed by atoms with E-state index in [0.29, 0.717) is 6.42 Å². The Hall–Kier alpha value is -2.97. The van der Waals surface area contributed by atoms with Crippen LogP contribution in [0.15, 0.2) is 59.5 Å². The number of piperidine rings is 1. The van der Waals surface area contributed by atoms with Crippen LogP contribution in [0.25, 0.3) is 0 Å². The Balaban J connectivity index is 1.45. The molecule has 1 unspecified atom stereocenters. The number of thiazole rings is 1. The van der Waals surface area contributed by atoms with E-state index in [9.17, 15) is 4.79 Å². The molecule has 0 aromatic carbocycles. The number of hydrogen-bond donors (Lipinski definition) is 0. The number of allylic oxidation sites excluding steroid dienone is 4. The Kier molecular flexibility index (Phi) is 5.96. The Morgan fingerprint density at radius 3 is 2.70 bits per heavy atom. The third-order valence-corrected chi connectivity index (χ3v) is 6.36. The topological polar surface area (TPSA) is 46.1 Å². The van der Waals surface area contributed by atoms with Crippen molar-refractivity contribution in [2.24, 2.45) is 0 Å². The average Bonchev–Trinajstić information content (AvgIpc) is 3.21. The zero-order valence-electron chi connectivity index (χ0n) is 17.4. The van der Waals surface area contributed by atoms with E-state index in [2.05, 4.69) is 27.9 Å². The fraction of sp³-hybridized carbons (Fsp3) is 0.320. The van der Waals surface area contributed by atoms with E-state index in [0.717, 1.165) is 48.0 Å². The lowest BCUT2D eigenvalue weighted by Gasteiger charge is -2.37. The van der Waals surface area contributed by atoms with Gasteiger partial charge in [0.1, 0.15) is 11.1 Å². The molecule has 4 rings (SSSR count).